The first-order valence-corrected chi connectivity index (χ1v) is 5.27. The Bertz CT molecular complexity index is 403. The average Bonchev–Trinajstić information content (AvgIpc) is 2.69. The highest BCUT2D eigenvalue weighted by Crippen LogP contribution is 2.35. The summed E-state index contributed by atoms with van der Waals surface area (Å²) in [7, 11) is 0. The van der Waals surface area contributed by atoms with Gasteiger partial charge in [-0.1, -0.05) is 24.6 Å². The number of hydrogen-bond donors (Lipinski definition) is 0. The molecule has 3 nitrogen and oxygen atoms in total. The maximum absolute atomic E-state index is 12.0. The van der Waals surface area contributed by atoms with Gasteiger partial charge in [0, 0.05) is 12.0 Å². The Morgan fingerprint density at radius 3 is 2.73 bits per heavy atom. The molecule has 1 heterocycles. The maximum Gasteiger partial charge on any atom is 0.170 e. The number of nitrogens with zero attached hydrogens (tertiary/aromatic N) is 1. The Morgan fingerprint density at radius 1 is 1.40 bits per heavy atom. The molecule has 0 spiro atoms. The zero-order chi connectivity index (χ0) is 11.0. The molecule has 0 radical (unpaired) electrons. The second kappa shape index (κ2) is 3.65. The standard InChI is InChI=1S/C12H15NO2/c1-7-6-8(2)12(14)11(9(7)3)10-4-5-13-15-10/h4-5,7-8H,6H2,1-3H3. The van der Waals surface area contributed by atoms with Gasteiger partial charge in [-0.15, -0.1) is 0 Å². The molecular formula is C12H15NO2. The van der Waals surface area contributed by atoms with E-state index >= 15 is 0 Å². The van der Waals surface area contributed by atoms with E-state index in [2.05, 4.69) is 12.1 Å². The number of allylic oxidation sites excluding steroid dienone is 2. The largest absolute Gasteiger partial charge is 0.356 e. The van der Waals surface area contributed by atoms with Gasteiger partial charge < -0.3 is 4.52 Å². The molecule has 0 fully saturated rings. The average molecular weight is 205 g/mol. The van der Waals surface area contributed by atoms with Crippen LogP contribution in [0.5, 0.6) is 0 Å². The van der Waals surface area contributed by atoms with Gasteiger partial charge in [0.2, 0.25) is 0 Å². The number of aromatic nitrogens is 1. The molecule has 3 heteroatoms. The zero-order valence-corrected chi connectivity index (χ0v) is 9.28. The smallest absolute Gasteiger partial charge is 0.170 e. The predicted molar refractivity (Wildman–Crippen MR) is 57.0 cm³/mol. The van der Waals surface area contributed by atoms with Crippen molar-refractivity contribution in [3.63, 3.8) is 0 Å². The van der Waals surface area contributed by atoms with Gasteiger partial charge in [0.15, 0.2) is 11.5 Å². The fourth-order valence-electron chi connectivity index (χ4n) is 2.16. The van der Waals surface area contributed by atoms with E-state index in [0.29, 0.717) is 11.7 Å². The molecule has 0 bridgehead atoms. The second-order valence-corrected chi connectivity index (χ2v) is 4.34. The maximum atomic E-state index is 12.0. The van der Waals surface area contributed by atoms with Crippen LogP contribution in [0, 0.1) is 11.8 Å². The Hall–Kier alpha value is -1.38. The summed E-state index contributed by atoms with van der Waals surface area (Å²) < 4.78 is 5.08. The first kappa shape index (κ1) is 10.1. The van der Waals surface area contributed by atoms with Gasteiger partial charge in [0.05, 0.1) is 11.8 Å². The highest BCUT2D eigenvalue weighted by molar-refractivity contribution is 6.22. The summed E-state index contributed by atoms with van der Waals surface area (Å²) in [5.41, 5.74) is 1.86. The summed E-state index contributed by atoms with van der Waals surface area (Å²) in [5.74, 6) is 1.32. The summed E-state index contributed by atoms with van der Waals surface area (Å²) in [6, 6.07) is 1.75. The van der Waals surface area contributed by atoms with Crippen LogP contribution in [-0.4, -0.2) is 10.9 Å². The topological polar surface area (TPSA) is 43.1 Å². The van der Waals surface area contributed by atoms with Crippen molar-refractivity contribution < 1.29 is 9.32 Å². The third kappa shape index (κ3) is 1.62. The molecule has 0 aromatic carbocycles. The van der Waals surface area contributed by atoms with E-state index in [9.17, 15) is 4.79 Å². The van der Waals surface area contributed by atoms with Crippen molar-refractivity contribution in [2.45, 2.75) is 27.2 Å². The Balaban J connectivity index is 2.51. The van der Waals surface area contributed by atoms with Crippen molar-refractivity contribution >= 4 is 11.4 Å². The minimum Gasteiger partial charge on any atom is -0.356 e. The molecule has 80 valence electrons. The van der Waals surface area contributed by atoms with E-state index in [0.717, 1.165) is 17.6 Å². The van der Waals surface area contributed by atoms with E-state index in [4.69, 9.17) is 4.52 Å². The van der Waals surface area contributed by atoms with E-state index in [1.54, 1.807) is 12.3 Å². The van der Waals surface area contributed by atoms with Crippen LogP contribution in [0.1, 0.15) is 33.0 Å². The normalized spacial score (nSPS) is 27.3. The van der Waals surface area contributed by atoms with Crippen molar-refractivity contribution in [1.29, 1.82) is 0 Å². The summed E-state index contributed by atoms with van der Waals surface area (Å²) in [5, 5.41) is 3.65. The van der Waals surface area contributed by atoms with Crippen molar-refractivity contribution in [3.05, 3.63) is 23.6 Å². The van der Waals surface area contributed by atoms with Crippen LogP contribution in [0.15, 0.2) is 22.4 Å². The third-order valence-electron chi connectivity index (χ3n) is 3.22. The van der Waals surface area contributed by atoms with E-state index in [1.165, 1.54) is 0 Å². The van der Waals surface area contributed by atoms with Crippen LogP contribution in [0.4, 0.5) is 0 Å². The molecule has 0 amide bonds. The van der Waals surface area contributed by atoms with E-state index in [1.807, 2.05) is 13.8 Å². The molecule has 0 N–H and O–H groups in total. The van der Waals surface area contributed by atoms with Crippen LogP contribution in [0.2, 0.25) is 0 Å². The van der Waals surface area contributed by atoms with Crippen LogP contribution >= 0.6 is 0 Å². The Morgan fingerprint density at radius 2 is 2.13 bits per heavy atom. The first-order chi connectivity index (χ1) is 7.11. The lowest BCUT2D eigenvalue weighted by molar-refractivity contribution is -0.117. The van der Waals surface area contributed by atoms with Gasteiger partial charge in [0.1, 0.15) is 0 Å². The summed E-state index contributed by atoms with van der Waals surface area (Å²) in [6.07, 6.45) is 2.51. The molecule has 1 aromatic heterocycles. The fourth-order valence-corrected chi connectivity index (χ4v) is 2.16. The van der Waals surface area contributed by atoms with E-state index in [-0.39, 0.29) is 11.7 Å². The number of ketones is 1. The minimum atomic E-state index is 0.0869. The monoisotopic (exact) mass is 205 g/mol. The molecule has 0 saturated heterocycles. The summed E-state index contributed by atoms with van der Waals surface area (Å²) >= 11 is 0. The minimum absolute atomic E-state index is 0.0869. The summed E-state index contributed by atoms with van der Waals surface area (Å²) in [4.78, 5) is 12.0. The molecule has 0 aliphatic heterocycles. The molecule has 1 aromatic rings. The number of rotatable bonds is 1. The Kier molecular flexibility index (Phi) is 2.47. The van der Waals surface area contributed by atoms with Crippen LogP contribution < -0.4 is 0 Å². The molecule has 2 atom stereocenters. The molecule has 15 heavy (non-hydrogen) atoms. The van der Waals surface area contributed by atoms with E-state index < -0.39 is 0 Å². The number of Topliss-reactive ketones (excluding diaryl/α,β-unsaturated/α-hetero) is 1. The molecule has 2 rings (SSSR count). The number of hydrogen-bond acceptors (Lipinski definition) is 3. The summed E-state index contributed by atoms with van der Waals surface area (Å²) in [6.45, 7) is 6.13. The molecule has 0 saturated carbocycles. The van der Waals surface area contributed by atoms with Crippen LogP contribution in [0.3, 0.4) is 0 Å². The molecule has 1 aliphatic rings. The predicted octanol–water partition coefficient (Wildman–Crippen LogP) is 2.69. The molecule has 1 aliphatic carbocycles. The van der Waals surface area contributed by atoms with Gasteiger partial charge in [-0.3, -0.25) is 4.79 Å². The van der Waals surface area contributed by atoms with Gasteiger partial charge in [-0.25, -0.2) is 0 Å². The van der Waals surface area contributed by atoms with Gasteiger partial charge in [-0.2, -0.15) is 0 Å². The van der Waals surface area contributed by atoms with Gasteiger partial charge in [-0.05, 0) is 19.3 Å². The van der Waals surface area contributed by atoms with Gasteiger partial charge >= 0.3 is 0 Å². The zero-order valence-electron chi connectivity index (χ0n) is 9.28. The first-order valence-electron chi connectivity index (χ1n) is 5.27. The lowest BCUT2D eigenvalue weighted by Crippen LogP contribution is -2.23. The molecule has 2 unspecified atom stereocenters. The van der Waals surface area contributed by atoms with Gasteiger partial charge in [0.25, 0.3) is 0 Å². The second-order valence-electron chi connectivity index (χ2n) is 4.34. The SMILES string of the molecule is CC1=C(c2ccno2)C(=O)C(C)CC1C. The quantitative estimate of drug-likeness (QED) is 0.708. The third-order valence-corrected chi connectivity index (χ3v) is 3.22. The highest BCUT2D eigenvalue weighted by Gasteiger charge is 2.31. The van der Waals surface area contributed by atoms with Crippen molar-refractivity contribution in [2.24, 2.45) is 11.8 Å². The Labute approximate surface area is 89.1 Å². The lowest BCUT2D eigenvalue weighted by Gasteiger charge is -2.25. The highest BCUT2D eigenvalue weighted by atomic mass is 16.5. The van der Waals surface area contributed by atoms with Crippen molar-refractivity contribution in [2.75, 3.05) is 0 Å². The fraction of sp³-hybridized carbons (Fsp3) is 0.500. The lowest BCUT2D eigenvalue weighted by atomic mass is 9.77. The van der Waals surface area contributed by atoms with Crippen LogP contribution in [-0.2, 0) is 4.79 Å². The molecular weight excluding hydrogens is 190 g/mol. The van der Waals surface area contributed by atoms with Crippen molar-refractivity contribution in [3.8, 4) is 0 Å². The van der Waals surface area contributed by atoms with Crippen molar-refractivity contribution in [1.82, 2.24) is 5.16 Å². The number of carbonyl (C=O) groups excluding carboxylic acids is 1. The van der Waals surface area contributed by atoms with Crippen LogP contribution in [0.25, 0.3) is 5.57 Å². The number of carbonyl (C=O) groups is 1.